The standard InChI is InChI=1S/C13H20Br2N2O/c1-13(2)4-3-5-17(8-13)10(7-16)11-6-9(14)12(15)18-11/h6,10H,3-5,7-8,16H2,1-2H3. The second-order valence-electron chi connectivity index (χ2n) is 5.76. The van der Waals surface area contributed by atoms with E-state index in [9.17, 15) is 0 Å². The van der Waals surface area contributed by atoms with Crippen molar-refractivity contribution < 1.29 is 4.42 Å². The highest BCUT2D eigenvalue weighted by molar-refractivity contribution is 9.13. The van der Waals surface area contributed by atoms with E-state index in [4.69, 9.17) is 10.2 Å². The Labute approximate surface area is 125 Å². The molecule has 0 spiro atoms. The van der Waals surface area contributed by atoms with Crippen molar-refractivity contribution in [2.24, 2.45) is 11.1 Å². The number of hydrogen-bond donors (Lipinski definition) is 1. The van der Waals surface area contributed by atoms with Crippen LogP contribution in [0.2, 0.25) is 0 Å². The average Bonchev–Trinajstić information content (AvgIpc) is 2.58. The van der Waals surface area contributed by atoms with Gasteiger partial charge >= 0.3 is 0 Å². The number of rotatable bonds is 3. The largest absolute Gasteiger partial charge is 0.451 e. The minimum absolute atomic E-state index is 0.173. The average molecular weight is 380 g/mol. The predicted molar refractivity (Wildman–Crippen MR) is 80.5 cm³/mol. The maximum absolute atomic E-state index is 5.95. The lowest BCUT2D eigenvalue weighted by Crippen LogP contribution is -2.44. The highest BCUT2D eigenvalue weighted by Crippen LogP contribution is 2.36. The van der Waals surface area contributed by atoms with E-state index in [1.54, 1.807) is 0 Å². The van der Waals surface area contributed by atoms with Crippen molar-refractivity contribution in [1.82, 2.24) is 4.90 Å². The molecule has 1 aromatic heterocycles. The van der Waals surface area contributed by atoms with Crippen LogP contribution in [0.4, 0.5) is 0 Å². The SMILES string of the molecule is CC1(C)CCCN(C(CN)c2cc(Br)c(Br)o2)C1. The van der Waals surface area contributed by atoms with Crippen molar-refractivity contribution in [3.63, 3.8) is 0 Å². The molecule has 0 aromatic carbocycles. The molecule has 18 heavy (non-hydrogen) atoms. The Hall–Kier alpha value is 0.160. The summed E-state index contributed by atoms with van der Waals surface area (Å²) < 4.78 is 7.43. The molecular formula is C13H20Br2N2O. The molecular weight excluding hydrogens is 360 g/mol. The third-order valence-corrected chi connectivity index (χ3v) is 5.30. The normalized spacial score (nSPS) is 22.1. The molecule has 3 nitrogen and oxygen atoms in total. The van der Waals surface area contributed by atoms with E-state index in [2.05, 4.69) is 50.6 Å². The third kappa shape index (κ3) is 3.18. The molecule has 1 aliphatic rings. The van der Waals surface area contributed by atoms with Crippen LogP contribution < -0.4 is 5.73 Å². The van der Waals surface area contributed by atoms with E-state index in [-0.39, 0.29) is 6.04 Å². The van der Waals surface area contributed by atoms with Crippen molar-refractivity contribution in [2.45, 2.75) is 32.7 Å². The van der Waals surface area contributed by atoms with Gasteiger partial charge in [0.1, 0.15) is 5.76 Å². The van der Waals surface area contributed by atoms with Crippen LogP contribution in [-0.2, 0) is 0 Å². The topological polar surface area (TPSA) is 42.4 Å². The molecule has 102 valence electrons. The quantitative estimate of drug-likeness (QED) is 0.865. The van der Waals surface area contributed by atoms with Crippen molar-refractivity contribution in [2.75, 3.05) is 19.6 Å². The number of piperidine rings is 1. The fraction of sp³-hybridized carbons (Fsp3) is 0.692. The fourth-order valence-corrected chi connectivity index (χ4v) is 3.32. The molecule has 1 saturated heterocycles. The summed E-state index contributed by atoms with van der Waals surface area (Å²) in [6, 6.07) is 2.19. The maximum Gasteiger partial charge on any atom is 0.183 e. The highest BCUT2D eigenvalue weighted by atomic mass is 79.9. The Morgan fingerprint density at radius 2 is 2.22 bits per heavy atom. The smallest absolute Gasteiger partial charge is 0.183 e. The van der Waals surface area contributed by atoms with Gasteiger partial charge in [0, 0.05) is 13.1 Å². The van der Waals surface area contributed by atoms with Gasteiger partial charge in [0.25, 0.3) is 0 Å². The Morgan fingerprint density at radius 3 is 2.72 bits per heavy atom. The summed E-state index contributed by atoms with van der Waals surface area (Å²) in [6.07, 6.45) is 2.51. The molecule has 0 amide bonds. The van der Waals surface area contributed by atoms with Crippen LogP contribution >= 0.6 is 31.9 Å². The minimum atomic E-state index is 0.173. The van der Waals surface area contributed by atoms with Crippen molar-refractivity contribution in [1.29, 1.82) is 0 Å². The van der Waals surface area contributed by atoms with Gasteiger partial charge in [-0.15, -0.1) is 0 Å². The van der Waals surface area contributed by atoms with Crippen LogP contribution in [0.5, 0.6) is 0 Å². The highest BCUT2D eigenvalue weighted by Gasteiger charge is 2.32. The monoisotopic (exact) mass is 378 g/mol. The molecule has 2 N–H and O–H groups in total. The molecule has 0 aliphatic carbocycles. The van der Waals surface area contributed by atoms with Gasteiger partial charge in [-0.2, -0.15) is 0 Å². The Bertz CT molecular complexity index is 398. The van der Waals surface area contributed by atoms with Crippen LogP contribution in [0, 0.1) is 5.41 Å². The maximum atomic E-state index is 5.95. The van der Waals surface area contributed by atoms with Crippen molar-refractivity contribution in [3.8, 4) is 0 Å². The van der Waals surface area contributed by atoms with Crippen LogP contribution in [0.25, 0.3) is 0 Å². The summed E-state index contributed by atoms with van der Waals surface area (Å²) in [5.41, 5.74) is 6.32. The number of likely N-dealkylation sites (tertiary alicyclic amines) is 1. The zero-order valence-corrected chi connectivity index (χ0v) is 14.1. The summed E-state index contributed by atoms with van der Waals surface area (Å²) >= 11 is 6.85. The zero-order chi connectivity index (χ0) is 13.3. The van der Waals surface area contributed by atoms with Gasteiger partial charge in [0.2, 0.25) is 0 Å². The first-order valence-corrected chi connectivity index (χ1v) is 7.90. The number of nitrogens with zero attached hydrogens (tertiary/aromatic N) is 1. The van der Waals surface area contributed by atoms with Gasteiger partial charge < -0.3 is 10.2 Å². The molecule has 0 bridgehead atoms. The molecule has 1 fully saturated rings. The van der Waals surface area contributed by atoms with E-state index in [0.717, 1.165) is 28.0 Å². The predicted octanol–water partition coefficient (Wildman–Crippen LogP) is 3.93. The number of hydrogen-bond acceptors (Lipinski definition) is 3. The molecule has 0 saturated carbocycles. The van der Waals surface area contributed by atoms with Gasteiger partial charge in [0.15, 0.2) is 4.67 Å². The van der Waals surface area contributed by atoms with E-state index < -0.39 is 0 Å². The first-order valence-electron chi connectivity index (χ1n) is 6.32. The Morgan fingerprint density at radius 1 is 1.50 bits per heavy atom. The molecule has 1 unspecified atom stereocenters. The first-order chi connectivity index (χ1) is 8.43. The van der Waals surface area contributed by atoms with Gasteiger partial charge in [-0.25, -0.2) is 0 Å². The molecule has 2 rings (SSSR count). The Balaban J connectivity index is 2.18. The van der Waals surface area contributed by atoms with Crippen LogP contribution in [-0.4, -0.2) is 24.5 Å². The lowest BCUT2D eigenvalue weighted by atomic mass is 9.83. The second-order valence-corrected chi connectivity index (χ2v) is 7.33. The molecule has 0 radical (unpaired) electrons. The van der Waals surface area contributed by atoms with Crippen LogP contribution in [0.15, 0.2) is 19.6 Å². The summed E-state index contributed by atoms with van der Waals surface area (Å²) in [7, 11) is 0. The number of nitrogens with two attached hydrogens (primary N) is 1. The van der Waals surface area contributed by atoms with Gasteiger partial charge in [-0.1, -0.05) is 13.8 Å². The molecule has 1 aliphatic heterocycles. The summed E-state index contributed by atoms with van der Waals surface area (Å²) in [5, 5.41) is 0. The lowest BCUT2D eigenvalue weighted by Gasteiger charge is -2.41. The van der Waals surface area contributed by atoms with Gasteiger partial charge in [0.05, 0.1) is 10.5 Å². The number of furan rings is 1. The minimum Gasteiger partial charge on any atom is -0.451 e. The summed E-state index contributed by atoms with van der Waals surface area (Å²) in [6.45, 7) is 7.40. The van der Waals surface area contributed by atoms with E-state index >= 15 is 0 Å². The van der Waals surface area contributed by atoms with Gasteiger partial charge in [-0.3, -0.25) is 4.90 Å². The van der Waals surface area contributed by atoms with Crippen LogP contribution in [0.3, 0.4) is 0 Å². The summed E-state index contributed by atoms with van der Waals surface area (Å²) in [4.78, 5) is 2.45. The Kier molecular flexibility index (Phi) is 4.57. The van der Waals surface area contributed by atoms with Crippen LogP contribution in [0.1, 0.15) is 38.5 Å². The van der Waals surface area contributed by atoms with E-state index in [1.165, 1.54) is 12.8 Å². The lowest BCUT2D eigenvalue weighted by molar-refractivity contribution is 0.0714. The second kappa shape index (κ2) is 5.65. The molecule has 2 heterocycles. The number of halogens is 2. The molecule has 5 heteroatoms. The summed E-state index contributed by atoms with van der Waals surface area (Å²) in [5.74, 6) is 0.939. The van der Waals surface area contributed by atoms with Crippen molar-refractivity contribution in [3.05, 3.63) is 21.0 Å². The molecule has 1 atom stereocenters. The zero-order valence-electron chi connectivity index (χ0n) is 10.9. The van der Waals surface area contributed by atoms with E-state index in [1.807, 2.05) is 6.07 Å². The van der Waals surface area contributed by atoms with Gasteiger partial charge in [-0.05, 0) is 62.7 Å². The first kappa shape index (κ1) is 14.6. The molecule has 1 aromatic rings. The fourth-order valence-electron chi connectivity index (χ4n) is 2.71. The van der Waals surface area contributed by atoms with Crippen molar-refractivity contribution >= 4 is 31.9 Å². The van der Waals surface area contributed by atoms with E-state index in [0.29, 0.717) is 12.0 Å². The third-order valence-electron chi connectivity index (χ3n) is 3.59.